The molecule has 3 heteroatoms. The minimum Gasteiger partial charge on any atom is -0.294 e. The van der Waals surface area contributed by atoms with Crippen molar-refractivity contribution in [2.75, 3.05) is 0 Å². The molecule has 1 aromatic carbocycles. The second-order valence-electron chi connectivity index (χ2n) is 4.26. The van der Waals surface area contributed by atoms with E-state index in [0.717, 1.165) is 5.56 Å². The predicted octanol–water partition coefficient (Wildman–Crippen LogP) is 3.86. The zero-order valence-corrected chi connectivity index (χ0v) is 9.54. The summed E-state index contributed by atoms with van der Waals surface area (Å²) < 4.78 is 0. The van der Waals surface area contributed by atoms with Gasteiger partial charge in [0.2, 0.25) is 0 Å². The molecule has 0 aromatic heterocycles. The highest BCUT2D eigenvalue weighted by Gasteiger charge is 2.38. The normalized spacial score (nSPS) is 18.4. The monoisotopic (exact) mass is 228 g/mol. The third-order valence-electron chi connectivity index (χ3n) is 2.66. The second kappa shape index (κ2) is 2.98. The first-order chi connectivity index (χ1) is 6.43. The van der Waals surface area contributed by atoms with Crippen LogP contribution in [0.2, 0.25) is 10.0 Å². The largest absolute Gasteiger partial charge is 0.294 e. The average Bonchev–Trinajstić information content (AvgIpc) is 2.30. The lowest BCUT2D eigenvalue weighted by molar-refractivity contribution is 0.0979. The molecule has 0 amide bonds. The molecule has 14 heavy (non-hydrogen) atoms. The van der Waals surface area contributed by atoms with Crippen molar-refractivity contribution in [1.29, 1.82) is 0 Å². The highest BCUT2D eigenvalue weighted by Crippen LogP contribution is 2.44. The Morgan fingerprint density at radius 3 is 2.36 bits per heavy atom. The van der Waals surface area contributed by atoms with Gasteiger partial charge in [0.25, 0.3) is 0 Å². The number of benzene rings is 1. The molecule has 0 radical (unpaired) electrons. The number of halogens is 2. The average molecular weight is 229 g/mol. The van der Waals surface area contributed by atoms with Crippen LogP contribution in [0.25, 0.3) is 0 Å². The van der Waals surface area contributed by atoms with E-state index in [4.69, 9.17) is 23.2 Å². The second-order valence-corrected chi connectivity index (χ2v) is 5.08. The Hall–Kier alpha value is -0.530. The molecule has 0 spiro atoms. The summed E-state index contributed by atoms with van der Waals surface area (Å²) >= 11 is 12.1. The molecule has 0 saturated carbocycles. The molecule has 1 aliphatic rings. The van der Waals surface area contributed by atoms with E-state index in [1.165, 1.54) is 0 Å². The molecule has 1 aromatic rings. The van der Waals surface area contributed by atoms with Gasteiger partial charge in [0.05, 0.1) is 5.02 Å². The van der Waals surface area contributed by atoms with Gasteiger partial charge in [-0.05, 0) is 23.1 Å². The van der Waals surface area contributed by atoms with Crippen molar-refractivity contribution in [3.05, 3.63) is 33.3 Å². The van der Waals surface area contributed by atoms with Crippen molar-refractivity contribution in [3.63, 3.8) is 0 Å². The van der Waals surface area contributed by atoms with Gasteiger partial charge in [0.1, 0.15) is 0 Å². The van der Waals surface area contributed by atoms with Crippen molar-refractivity contribution in [3.8, 4) is 0 Å². The van der Waals surface area contributed by atoms with Crippen LogP contribution in [-0.4, -0.2) is 5.78 Å². The first-order valence-corrected chi connectivity index (χ1v) is 5.21. The fourth-order valence-corrected chi connectivity index (χ4v) is 2.74. The molecule has 0 aliphatic heterocycles. The molecule has 0 heterocycles. The van der Waals surface area contributed by atoms with Gasteiger partial charge in [0, 0.05) is 17.0 Å². The van der Waals surface area contributed by atoms with E-state index in [1.54, 1.807) is 12.1 Å². The van der Waals surface area contributed by atoms with E-state index in [1.807, 2.05) is 13.8 Å². The van der Waals surface area contributed by atoms with E-state index >= 15 is 0 Å². The number of hydrogen-bond acceptors (Lipinski definition) is 1. The number of Topliss-reactive ketones (excluding diaryl/α,β-unsaturated/α-hetero) is 1. The standard InChI is InChI=1S/C11H10Cl2O/c1-11(2)5-8(14)9-6(12)3-4-7(13)10(9)11/h3-4H,5H2,1-2H3. The van der Waals surface area contributed by atoms with Crippen LogP contribution < -0.4 is 0 Å². The first kappa shape index (κ1) is 10.0. The maximum absolute atomic E-state index is 11.7. The Labute approximate surface area is 93.0 Å². The Morgan fingerprint density at radius 2 is 1.79 bits per heavy atom. The molecular weight excluding hydrogens is 219 g/mol. The van der Waals surface area contributed by atoms with Crippen molar-refractivity contribution in [2.45, 2.75) is 25.7 Å². The lowest BCUT2D eigenvalue weighted by atomic mass is 9.86. The van der Waals surface area contributed by atoms with Crippen LogP contribution in [0.1, 0.15) is 36.2 Å². The Kier molecular flexibility index (Phi) is 2.13. The van der Waals surface area contributed by atoms with Gasteiger partial charge in [-0.2, -0.15) is 0 Å². The smallest absolute Gasteiger partial charge is 0.165 e. The lowest BCUT2D eigenvalue weighted by Crippen LogP contribution is -2.13. The van der Waals surface area contributed by atoms with Crippen LogP contribution in [0.5, 0.6) is 0 Å². The van der Waals surface area contributed by atoms with Gasteiger partial charge in [-0.1, -0.05) is 37.0 Å². The van der Waals surface area contributed by atoms with Gasteiger partial charge in [-0.15, -0.1) is 0 Å². The minimum absolute atomic E-state index is 0.0949. The topological polar surface area (TPSA) is 17.1 Å². The van der Waals surface area contributed by atoms with Crippen molar-refractivity contribution in [2.24, 2.45) is 0 Å². The molecule has 0 fully saturated rings. The Balaban J connectivity index is 2.80. The minimum atomic E-state index is -0.186. The van der Waals surface area contributed by atoms with E-state index in [0.29, 0.717) is 22.0 Å². The molecule has 0 bridgehead atoms. The van der Waals surface area contributed by atoms with E-state index in [9.17, 15) is 4.79 Å². The molecule has 0 N–H and O–H groups in total. The van der Waals surface area contributed by atoms with Gasteiger partial charge < -0.3 is 0 Å². The molecule has 0 saturated heterocycles. The zero-order valence-electron chi connectivity index (χ0n) is 8.03. The summed E-state index contributed by atoms with van der Waals surface area (Å²) in [5.74, 6) is 0.0949. The van der Waals surface area contributed by atoms with Gasteiger partial charge >= 0.3 is 0 Å². The molecule has 1 nitrogen and oxygen atoms in total. The maximum atomic E-state index is 11.7. The molecule has 74 valence electrons. The first-order valence-electron chi connectivity index (χ1n) is 4.45. The van der Waals surface area contributed by atoms with Gasteiger partial charge in [0.15, 0.2) is 5.78 Å². The number of carbonyl (C=O) groups is 1. The fraction of sp³-hybridized carbons (Fsp3) is 0.364. The summed E-state index contributed by atoms with van der Waals surface area (Å²) in [4.78, 5) is 11.7. The molecule has 2 rings (SSSR count). The lowest BCUT2D eigenvalue weighted by Gasteiger charge is -2.19. The molecule has 1 aliphatic carbocycles. The fourth-order valence-electron chi connectivity index (χ4n) is 2.06. The van der Waals surface area contributed by atoms with Gasteiger partial charge in [-0.3, -0.25) is 4.79 Å². The summed E-state index contributed by atoms with van der Waals surface area (Å²) in [5, 5.41) is 1.15. The summed E-state index contributed by atoms with van der Waals surface area (Å²) in [6, 6.07) is 3.44. The third kappa shape index (κ3) is 1.27. The van der Waals surface area contributed by atoms with Crippen LogP contribution in [-0.2, 0) is 5.41 Å². The van der Waals surface area contributed by atoms with Crippen LogP contribution in [0.4, 0.5) is 0 Å². The number of ketones is 1. The SMILES string of the molecule is CC1(C)CC(=O)c2c(Cl)ccc(Cl)c21. The van der Waals surface area contributed by atoms with Crippen LogP contribution in [0.15, 0.2) is 12.1 Å². The Morgan fingerprint density at radius 1 is 1.21 bits per heavy atom. The van der Waals surface area contributed by atoms with Crippen molar-refractivity contribution in [1.82, 2.24) is 0 Å². The highest BCUT2D eigenvalue weighted by atomic mass is 35.5. The summed E-state index contributed by atoms with van der Waals surface area (Å²) in [6.45, 7) is 4.03. The quantitative estimate of drug-likeness (QED) is 0.660. The predicted molar refractivity (Wildman–Crippen MR) is 58.4 cm³/mol. The highest BCUT2D eigenvalue weighted by molar-refractivity contribution is 6.37. The van der Waals surface area contributed by atoms with Crippen LogP contribution in [0.3, 0.4) is 0 Å². The van der Waals surface area contributed by atoms with Crippen molar-refractivity contribution >= 4 is 29.0 Å². The number of fused-ring (bicyclic) bond motifs is 1. The third-order valence-corrected chi connectivity index (χ3v) is 3.29. The number of carbonyl (C=O) groups excluding carboxylic acids is 1. The maximum Gasteiger partial charge on any atom is 0.165 e. The summed E-state index contributed by atoms with van der Waals surface area (Å²) in [6.07, 6.45) is 0.492. The Bertz CT molecular complexity index is 422. The zero-order chi connectivity index (χ0) is 10.5. The molecule has 0 unspecified atom stereocenters. The molecular formula is C11H10Cl2O. The number of hydrogen-bond donors (Lipinski definition) is 0. The van der Waals surface area contributed by atoms with Gasteiger partial charge in [-0.25, -0.2) is 0 Å². The number of rotatable bonds is 0. The van der Waals surface area contributed by atoms with Crippen LogP contribution in [0, 0.1) is 0 Å². The van der Waals surface area contributed by atoms with E-state index in [-0.39, 0.29) is 11.2 Å². The summed E-state index contributed by atoms with van der Waals surface area (Å²) in [5.41, 5.74) is 1.33. The van der Waals surface area contributed by atoms with E-state index < -0.39 is 0 Å². The molecule has 0 atom stereocenters. The van der Waals surface area contributed by atoms with Crippen LogP contribution >= 0.6 is 23.2 Å². The van der Waals surface area contributed by atoms with Crippen molar-refractivity contribution < 1.29 is 4.79 Å². The summed E-state index contributed by atoms with van der Waals surface area (Å²) in [7, 11) is 0. The van der Waals surface area contributed by atoms with E-state index in [2.05, 4.69) is 0 Å².